The maximum Gasteiger partial charge on any atom is 0.138 e. The second-order valence-corrected chi connectivity index (χ2v) is 3.50. The maximum atomic E-state index is 5.96. The average Bonchev–Trinajstić information content (AvgIpc) is 2.14. The summed E-state index contributed by atoms with van der Waals surface area (Å²) in [7, 11) is 0. The van der Waals surface area contributed by atoms with Crippen LogP contribution in [0.3, 0.4) is 0 Å². The molecule has 1 rings (SSSR count). The van der Waals surface area contributed by atoms with E-state index in [0.29, 0.717) is 11.7 Å². The molecule has 4 heteroatoms. The van der Waals surface area contributed by atoms with Crippen LogP contribution in [0.1, 0.15) is 25.3 Å². The predicted octanol–water partition coefficient (Wildman–Crippen LogP) is 2.30. The first kappa shape index (κ1) is 10.8. The van der Waals surface area contributed by atoms with E-state index in [-0.39, 0.29) is 5.92 Å². The van der Waals surface area contributed by atoms with Gasteiger partial charge in [0.15, 0.2) is 0 Å². The minimum atomic E-state index is 0.268. The van der Waals surface area contributed by atoms with E-state index in [4.69, 9.17) is 18.0 Å². The highest BCUT2D eigenvalue weighted by Crippen LogP contribution is 2.27. The van der Waals surface area contributed by atoms with Crippen molar-refractivity contribution < 1.29 is 0 Å². The van der Waals surface area contributed by atoms with Gasteiger partial charge in [0, 0.05) is 5.56 Å². The van der Waals surface area contributed by atoms with Crippen molar-refractivity contribution in [3.63, 3.8) is 0 Å². The fourth-order valence-corrected chi connectivity index (χ4v) is 1.51. The molecule has 74 valence electrons. The molecule has 1 aromatic heterocycles. The Morgan fingerprint density at radius 1 is 1.57 bits per heavy atom. The highest BCUT2D eigenvalue weighted by atomic mass is 35.5. The second kappa shape index (κ2) is 4.83. The van der Waals surface area contributed by atoms with Gasteiger partial charge in [-0.3, -0.25) is 0 Å². The second-order valence-electron chi connectivity index (χ2n) is 3.14. The van der Waals surface area contributed by atoms with Crippen molar-refractivity contribution in [1.29, 1.82) is 0 Å². The normalized spacial score (nSPS) is 9.93. The van der Waals surface area contributed by atoms with Gasteiger partial charge >= 0.3 is 0 Å². The Labute approximate surface area is 88.9 Å². The number of hydrogen-bond acceptors (Lipinski definition) is 3. The summed E-state index contributed by atoms with van der Waals surface area (Å²) in [6.45, 7) is 4.50. The molecule has 0 saturated carbocycles. The van der Waals surface area contributed by atoms with Crippen LogP contribution in [0, 0.1) is 12.3 Å². The molecular weight excluding hydrogens is 198 g/mol. The van der Waals surface area contributed by atoms with Crippen LogP contribution in [0.5, 0.6) is 0 Å². The summed E-state index contributed by atoms with van der Waals surface area (Å²) in [4.78, 5) is 8.03. The quantitative estimate of drug-likeness (QED) is 0.613. The maximum absolute atomic E-state index is 5.96. The molecule has 0 aliphatic heterocycles. The molecule has 0 saturated heterocycles. The van der Waals surface area contributed by atoms with E-state index in [1.807, 2.05) is 13.8 Å². The van der Waals surface area contributed by atoms with E-state index in [1.54, 1.807) is 0 Å². The third kappa shape index (κ3) is 2.36. The van der Waals surface area contributed by atoms with Crippen LogP contribution >= 0.6 is 11.6 Å². The summed E-state index contributed by atoms with van der Waals surface area (Å²) >= 11 is 5.96. The summed E-state index contributed by atoms with van der Waals surface area (Å²) in [5, 5.41) is 3.49. The molecule has 0 spiro atoms. The lowest BCUT2D eigenvalue weighted by Crippen LogP contribution is -2.06. The molecule has 0 aliphatic rings. The van der Waals surface area contributed by atoms with Crippen molar-refractivity contribution >= 4 is 17.4 Å². The topological polar surface area (TPSA) is 37.8 Å². The van der Waals surface area contributed by atoms with Gasteiger partial charge in [-0.15, -0.1) is 6.42 Å². The van der Waals surface area contributed by atoms with Crippen molar-refractivity contribution in [2.45, 2.75) is 19.8 Å². The molecule has 0 aliphatic carbocycles. The minimum absolute atomic E-state index is 0.268. The number of halogens is 1. The van der Waals surface area contributed by atoms with Gasteiger partial charge in [-0.25, -0.2) is 9.97 Å². The van der Waals surface area contributed by atoms with E-state index in [0.717, 1.165) is 11.4 Å². The van der Waals surface area contributed by atoms with Gasteiger partial charge in [-0.1, -0.05) is 31.4 Å². The van der Waals surface area contributed by atoms with Gasteiger partial charge in [-0.05, 0) is 5.92 Å². The highest BCUT2D eigenvalue weighted by Gasteiger charge is 2.12. The summed E-state index contributed by atoms with van der Waals surface area (Å²) in [6.07, 6.45) is 6.58. The monoisotopic (exact) mass is 209 g/mol. The lowest BCUT2D eigenvalue weighted by Gasteiger charge is -2.12. The Kier molecular flexibility index (Phi) is 3.73. The SMILES string of the molecule is C#CCNc1ncnc(Cl)c1C(C)C. The summed E-state index contributed by atoms with van der Waals surface area (Å²) in [5.41, 5.74) is 0.907. The fourth-order valence-electron chi connectivity index (χ4n) is 1.16. The van der Waals surface area contributed by atoms with E-state index in [2.05, 4.69) is 21.2 Å². The lowest BCUT2D eigenvalue weighted by molar-refractivity contribution is 0.847. The summed E-state index contributed by atoms with van der Waals surface area (Å²) < 4.78 is 0. The van der Waals surface area contributed by atoms with Gasteiger partial charge in [0.25, 0.3) is 0 Å². The molecule has 1 N–H and O–H groups in total. The molecule has 1 heterocycles. The number of nitrogens with zero attached hydrogens (tertiary/aromatic N) is 2. The largest absolute Gasteiger partial charge is 0.359 e. The van der Waals surface area contributed by atoms with E-state index < -0.39 is 0 Å². The van der Waals surface area contributed by atoms with Crippen molar-refractivity contribution in [1.82, 2.24) is 9.97 Å². The Morgan fingerprint density at radius 2 is 2.29 bits per heavy atom. The Bertz CT molecular complexity index is 355. The van der Waals surface area contributed by atoms with E-state index >= 15 is 0 Å². The standard InChI is InChI=1S/C10H12ClN3/c1-4-5-12-10-8(7(2)3)9(11)13-6-14-10/h1,6-7H,5H2,2-3H3,(H,12,13,14). The number of nitrogens with one attached hydrogen (secondary N) is 1. The molecule has 0 amide bonds. The number of anilines is 1. The van der Waals surface area contributed by atoms with E-state index in [9.17, 15) is 0 Å². The van der Waals surface area contributed by atoms with Crippen LogP contribution in [0.4, 0.5) is 5.82 Å². The van der Waals surface area contributed by atoms with E-state index in [1.165, 1.54) is 6.33 Å². The highest BCUT2D eigenvalue weighted by molar-refractivity contribution is 6.30. The first-order valence-electron chi connectivity index (χ1n) is 4.34. The zero-order valence-corrected chi connectivity index (χ0v) is 8.97. The predicted molar refractivity (Wildman–Crippen MR) is 58.5 cm³/mol. The number of aromatic nitrogens is 2. The van der Waals surface area contributed by atoms with Crippen LogP contribution in [0.15, 0.2) is 6.33 Å². The van der Waals surface area contributed by atoms with Gasteiger partial charge in [0.1, 0.15) is 17.3 Å². The third-order valence-corrected chi connectivity index (χ3v) is 2.07. The number of rotatable bonds is 3. The average molecular weight is 210 g/mol. The van der Waals surface area contributed by atoms with Crippen LogP contribution < -0.4 is 5.32 Å². The third-order valence-electron chi connectivity index (χ3n) is 1.77. The molecule has 1 aromatic rings. The first-order chi connectivity index (χ1) is 6.66. The molecule has 0 atom stereocenters. The van der Waals surface area contributed by atoms with Gasteiger partial charge in [0.2, 0.25) is 0 Å². The Hall–Kier alpha value is -1.27. The molecular formula is C10H12ClN3. The zero-order chi connectivity index (χ0) is 10.6. The lowest BCUT2D eigenvalue weighted by atomic mass is 10.1. The first-order valence-corrected chi connectivity index (χ1v) is 4.72. The van der Waals surface area contributed by atoms with Crippen molar-refractivity contribution in [3.8, 4) is 12.3 Å². The van der Waals surface area contributed by atoms with Gasteiger partial charge in [-0.2, -0.15) is 0 Å². The molecule has 0 aromatic carbocycles. The summed E-state index contributed by atoms with van der Waals surface area (Å²) in [6, 6.07) is 0. The van der Waals surface area contributed by atoms with Crippen LogP contribution in [0.2, 0.25) is 5.15 Å². The number of hydrogen-bond donors (Lipinski definition) is 1. The molecule has 0 unspecified atom stereocenters. The van der Waals surface area contributed by atoms with Crippen molar-refractivity contribution in [2.75, 3.05) is 11.9 Å². The molecule has 0 radical (unpaired) electrons. The minimum Gasteiger partial charge on any atom is -0.359 e. The van der Waals surface area contributed by atoms with Gasteiger partial charge < -0.3 is 5.32 Å². The molecule has 0 fully saturated rings. The number of terminal acetylenes is 1. The van der Waals surface area contributed by atoms with Crippen LogP contribution in [-0.2, 0) is 0 Å². The smallest absolute Gasteiger partial charge is 0.138 e. The molecule has 3 nitrogen and oxygen atoms in total. The Morgan fingerprint density at radius 3 is 2.86 bits per heavy atom. The van der Waals surface area contributed by atoms with Crippen molar-refractivity contribution in [2.24, 2.45) is 0 Å². The van der Waals surface area contributed by atoms with Gasteiger partial charge in [0.05, 0.1) is 6.54 Å². The molecule has 14 heavy (non-hydrogen) atoms. The van der Waals surface area contributed by atoms with Crippen LogP contribution in [-0.4, -0.2) is 16.5 Å². The molecule has 0 bridgehead atoms. The Balaban J connectivity index is 3.03. The zero-order valence-electron chi connectivity index (χ0n) is 8.21. The fraction of sp³-hybridized carbons (Fsp3) is 0.400. The van der Waals surface area contributed by atoms with Crippen LogP contribution in [0.25, 0.3) is 0 Å². The van der Waals surface area contributed by atoms with Crippen molar-refractivity contribution in [3.05, 3.63) is 17.0 Å². The summed E-state index contributed by atoms with van der Waals surface area (Å²) in [5.74, 6) is 3.48.